The molecule has 1 heterocycles. The molecule has 1 aliphatic heterocycles. The summed E-state index contributed by atoms with van der Waals surface area (Å²) in [6.45, 7) is 0.112. The second-order valence-electron chi connectivity index (χ2n) is 4.73. The number of fused-ring (bicyclic) bond motifs is 1. The van der Waals surface area contributed by atoms with Crippen LogP contribution in [-0.4, -0.2) is 44.6 Å². The molecule has 2 rings (SSSR count). The highest BCUT2D eigenvalue weighted by atomic mass is 19.3. The zero-order chi connectivity index (χ0) is 16.7. The van der Waals surface area contributed by atoms with Crippen LogP contribution < -0.4 is 25.8 Å². The van der Waals surface area contributed by atoms with Gasteiger partial charge in [-0.2, -0.15) is 0 Å². The van der Waals surface area contributed by atoms with Crippen LogP contribution in [-0.2, 0) is 4.79 Å². The number of alkyl halides is 2. The topological polar surface area (TPSA) is 98.0 Å². The summed E-state index contributed by atoms with van der Waals surface area (Å²) in [6, 6.07) is 5.18. The lowest BCUT2D eigenvalue weighted by molar-refractivity contribution is -0.120. The van der Waals surface area contributed by atoms with Crippen LogP contribution in [0.1, 0.15) is 6.42 Å². The number of nitrogens with one attached hydrogen (secondary N) is 2. The number of carbonyl (C=O) groups is 1. The second kappa shape index (κ2) is 8.16. The minimum Gasteiger partial charge on any atom is -0.490 e. The number of guanidine groups is 1. The zero-order valence-corrected chi connectivity index (χ0v) is 12.4. The van der Waals surface area contributed by atoms with Crippen molar-refractivity contribution in [1.29, 1.82) is 0 Å². The largest absolute Gasteiger partial charge is 0.490 e. The van der Waals surface area contributed by atoms with Crippen molar-refractivity contribution >= 4 is 17.6 Å². The van der Waals surface area contributed by atoms with Gasteiger partial charge < -0.3 is 25.8 Å². The quantitative estimate of drug-likeness (QED) is 0.552. The van der Waals surface area contributed by atoms with Crippen molar-refractivity contribution in [2.75, 3.05) is 31.6 Å². The van der Waals surface area contributed by atoms with Gasteiger partial charge in [0.25, 0.3) is 6.43 Å². The number of hydrogen-bond acceptors (Lipinski definition) is 4. The summed E-state index contributed by atoms with van der Waals surface area (Å²) < 4.78 is 34.9. The highest BCUT2D eigenvalue weighted by Crippen LogP contribution is 2.32. The standard InChI is InChI=1S/C14H18F2N4O3/c15-12(16)7-18-13(21)8-19-14(17)20-9-2-3-10-11(6-9)23-5-1-4-22-10/h2-3,6,12H,1,4-5,7-8H2,(H,18,21)(H3,17,19,20). The number of aliphatic imine (C=N–C) groups is 1. The molecule has 1 aromatic carbocycles. The van der Waals surface area contributed by atoms with E-state index in [1.54, 1.807) is 18.2 Å². The molecule has 4 N–H and O–H groups in total. The third-order valence-corrected chi connectivity index (χ3v) is 2.87. The Morgan fingerprint density at radius 1 is 1.30 bits per heavy atom. The minimum atomic E-state index is -2.60. The SMILES string of the molecule is NC(=NCC(=O)NCC(F)F)Nc1ccc2c(c1)OCCCO2. The number of ether oxygens (including phenoxy) is 2. The van der Waals surface area contributed by atoms with Crippen molar-refractivity contribution in [2.24, 2.45) is 10.7 Å². The first-order valence-electron chi connectivity index (χ1n) is 7.06. The predicted octanol–water partition coefficient (Wildman–Crippen LogP) is 0.956. The number of anilines is 1. The number of nitrogens with two attached hydrogens (primary N) is 1. The van der Waals surface area contributed by atoms with E-state index >= 15 is 0 Å². The molecule has 126 valence electrons. The van der Waals surface area contributed by atoms with E-state index in [1.807, 2.05) is 5.32 Å². The van der Waals surface area contributed by atoms with Gasteiger partial charge in [-0.25, -0.2) is 13.8 Å². The van der Waals surface area contributed by atoms with Crippen LogP contribution in [0.25, 0.3) is 0 Å². The van der Waals surface area contributed by atoms with E-state index in [-0.39, 0.29) is 12.5 Å². The molecule has 0 spiro atoms. The maximum absolute atomic E-state index is 11.9. The van der Waals surface area contributed by atoms with Crippen molar-refractivity contribution in [3.8, 4) is 11.5 Å². The van der Waals surface area contributed by atoms with Crippen molar-refractivity contribution in [2.45, 2.75) is 12.8 Å². The maximum Gasteiger partial charge on any atom is 0.255 e. The van der Waals surface area contributed by atoms with E-state index in [0.717, 1.165) is 6.42 Å². The Hall–Kier alpha value is -2.58. The minimum absolute atomic E-state index is 0.00770. The molecule has 0 saturated carbocycles. The number of nitrogens with zero attached hydrogens (tertiary/aromatic N) is 1. The Morgan fingerprint density at radius 3 is 2.78 bits per heavy atom. The molecule has 0 aromatic heterocycles. The van der Waals surface area contributed by atoms with Crippen molar-refractivity contribution in [3.63, 3.8) is 0 Å². The fraction of sp³-hybridized carbons (Fsp3) is 0.429. The van der Waals surface area contributed by atoms with Gasteiger partial charge in [0.15, 0.2) is 17.5 Å². The van der Waals surface area contributed by atoms with E-state index in [0.29, 0.717) is 30.4 Å². The summed E-state index contributed by atoms with van der Waals surface area (Å²) in [5.74, 6) is 0.602. The molecule has 1 amide bonds. The number of benzene rings is 1. The van der Waals surface area contributed by atoms with Crippen LogP contribution >= 0.6 is 0 Å². The lowest BCUT2D eigenvalue weighted by Gasteiger charge is -2.10. The molecule has 0 saturated heterocycles. The highest BCUT2D eigenvalue weighted by molar-refractivity contribution is 5.94. The molecule has 7 nitrogen and oxygen atoms in total. The summed E-state index contributed by atoms with van der Waals surface area (Å²) in [6.07, 6.45) is -1.80. The monoisotopic (exact) mass is 328 g/mol. The number of carbonyl (C=O) groups excluding carboxylic acids is 1. The second-order valence-corrected chi connectivity index (χ2v) is 4.73. The van der Waals surface area contributed by atoms with Gasteiger partial charge in [-0.3, -0.25) is 4.79 Å². The van der Waals surface area contributed by atoms with Crippen LogP contribution in [0.15, 0.2) is 23.2 Å². The Bertz CT molecular complexity index is 581. The predicted molar refractivity (Wildman–Crippen MR) is 81.2 cm³/mol. The van der Waals surface area contributed by atoms with E-state index < -0.39 is 18.9 Å². The molecular weight excluding hydrogens is 310 g/mol. The Balaban J connectivity index is 1.89. The Morgan fingerprint density at radius 2 is 2.04 bits per heavy atom. The summed E-state index contributed by atoms with van der Waals surface area (Å²) in [5, 5.41) is 4.83. The van der Waals surface area contributed by atoms with Crippen molar-refractivity contribution in [3.05, 3.63) is 18.2 Å². The average Bonchev–Trinajstić information content (AvgIpc) is 2.75. The van der Waals surface area contributed by atoms with Gasteiger partial charge in [-0.15, -0.1) is 0 Å². The van der Waals surface area contributed by atoms with Crippen LogP contribution in [0, 0.1) is 0 Å². The molecule has 1 aliphatic rings. The molecule has 1 aromatic rings. The van der Waals surface area contributed by atoms with Crippen molar-refractivity contribution in [1.82, 2.24) is 5.32 Å². The molecule has 0 atom stereocenters. The summed E-state index contributed by atoms with van der Waals surface area (Å²) in [5.41, 5.74) is 6.27. The van der Waals surface area contributed by atoms with Crippen molar-refractivity contribution < 1.29 is 23.0 Å². The molecule has 0 radical (unpaired) electrons. The first-order chi connectivity index (χ1) is 11.0. The van der Waals surface area contributed by atoms with Crippen LogP contribution in [0.4, 0.5) is 14.5 Å². The fourth-order valence-electron chi connectivity index (χ4n) is 1.83. The summed E-state index contributed by atoms with van der Waals surface area (Å²) in [4.78, 5) is 15.0. The van der Waals surface area contributed by atoms with E-state index in [4.69, 9.17) is 15.2 Å². The van der Waals surface area contributed by atoms with Gasteiger partial charge in [-0.1, -0.05) is 0 Å². The normalized spacial score (nSPS) is 14.3. The average molecular weight is 328 g/mol. The Labute approximate surface area is 131 Å². The van der Waals surface area contributed by atoms with Gasteiger partial charge in [0.2, 0.25) is 5.91 Å². The third-order valence-electron chi connectivity index (χ3n) is 2.87. The van der Waals surface area contributed by atoms with E-state index in [2.05, 4.69) is 10.3 Å². The van der Waals surface area contributed by atoms with Crippen LogP contribution in [0.3, 0.4) is 0 Å². The van der Waals surface area contributed by atoms with Crippen LogP contribution in [0.5, 0.6) is 11.5 Å². The number of amides is 1. The summed E-state index contributed by atoms with van der Waals surface area (Å²) >= 11 is 0. The molecular formula is C14H18F2N4O3. The summed E-state index contributed by atoms with van der Waals surface area (Å²) in [7, 11) is 0. The molecule has 23 heavy (non-hydrogen) atoms. The van der Waals surface area contributed by atoms with Gasteiger partial charge in [0.05, 0.1) is 19.8 Å². The van der Waals surface area contributed by atoms with E-state index in [1.165, 1.54) is 0 Å². The smallest absolute Gasteiger partial charge is 0.255 e. The maximum atomic E-state index is 11.9. The first kappa shape index (κ1) is 16.8. The molecule has 0 aliphatic carbocycles. The molecule has 0 fully saturated rings. The zero-order valence-electron chi connectivity index (χ0n) is 12.4. The number of hydrogen-bond donors (Lipinski definition) is 3. The van der Waals surface area contributed by atoms with Crippen LogP contribution in [0.2, 0.25) is 0 Å². The molecule has 9 heteroatoms. The lowest BCUT2D eigenvalue weighted by Crippen LogP contribution is -2.32. The molecule has 0 unspecified atom stereocenters. The van der Waals surface area contributed by atoms with Gasteiger partial charge >= 0.3 is 0 Å². The van der Waals surface area contributed by atoms with Gasteiger partial charge in [0.1, 0.15) is 6.54 Å². The Kier molecular flexibility index (Phi) is 5.95. The lowest BCUT2D eigenvalue weighted by atomic mass is 10.3. The number of halogens is 2. The third kappa shape index (κ3) is 5.61. The highest BCUT2D eigenvalue weighted by Gasteiger charge is 2.11. The number of rotatable bonds is 5. The molecule has 0 bridgehead atoms. The van der Waals surface area contributed by atoms with Gasteiger partial charge in [-0.05, 0) is 12.1 Å². The van der Waals surface area contributed by atoms with E-state index in [9.17, 15) is 13.6 Å². The van der Waals surface area contributed by atoms with Gasteiger partial charge in [0, 0.05) is 18.2 Å². The first-order valence-corrected chi connectivity index (χ1v) is 7.06. The fourth-order valence-corrected chi connectivity index (χ4v) is 1.83.